The van der Waals surface area contributed by atoms with Crippen LogP contribution in [0.3, 0.4) is 0 Å². The fourth-order valence-corrected chi connectivity index (χ4v) is 3.26. The zero-order valence-electron chi connectivity index (χ0n) is 14.5. The highest BCUT2D eigenvalue weighted by Gasteiger charge is 2.22. The molecule has 1 fully saturated rings. The van der Waals surface area contributed by atoms with Gasteiger partial charge in [0, 0.05) is 19.1 Å². The fraction of sp³-hybridized carbons (Fsp3) is 0.632. The zero-order valence-corrected chi connectivity index (χ0v) is 14.5. The molecular formula is C19H30N2O2. The number of carbonyl (C=O) groups excluding carboxylic acids is 1. The molecule has 0 radical (unpaired) electrons. The van der Waals surface area contributed by atoms with Gasteiger partial charge in [-0.3, -0.25) is 4.90 Å². The zero-order chi connectivity index (χ0) is 16.5. The third-order valence-electron chi connectivity index (χ3n) is 4.53. The maximum absolute atomic E-state index is 11.5. The molecule has 0 bridgehead atoms. The molecule has 0 saturated carbocycles. The van der Waals surface area contributed by atoms with Crippen molar-refractivity contribution in [2.24, 2.45) is 0 Å². The van der Waals surface area contributed by atoms with Crippen molar-refractivity contribution in [3.63, 3.8) is 0 Å². The second-order valence-corrected chi connectivity index (χ2v) is 6.18. The summed E-state index contributed by atoms with van der Waals surface area (Å²) in [5.74, 6) is 0. The van der Waals surface area contributed by atoms with E-state index >= 15 is 0 Å². The average molecular weight is 318 g/mol. The SMILES string of the molecule is CCCCN(CCCN1CCOC1=O)[C@@H](CC)c1ccccc1. The van der Waals surface area contributed by atoms with Crippen LogP contribution in [0, 0.1) is 0 Å². The molecule has 1 atom stereocenters. The van der Waals surface area contributed by atoms with E-state index in [1.54, 1.807) is 0 Å². The minimum Gasteiger partial charge on any atom is -0.448 e. The number of rotatable bonds is 10. The van der Waals surface area contributed by atoms with Crippen LogP contribution in [0.5, 0.6) is 0 Å². The van der Waals surface area contributed by atoms with Gasteiger partial charge < -0.3 is 9.64 Å². The standard InChI is InChI=1S/C19H30N2O2/c1-3-5-12-20(13-9-14-21-15-16-23-19(21)22)18(4-2)17-10-7-6-8-11-17/h6-8,10-11,18H,3-5,9,12-16H2,1-2H3/t18-/m0/s1. The van der Waals surface area contributed by atoms with Crippen LogP contribution in [0.4, 0.5) is 4.79 Å². The van der Waals surface area contributed by atoms with Crippen LogP contribution >= 0.6 is 0 Å². The van der Waals surface area contributed by atoms with Crippen LogP contribution in [0.1, 0.15) is 51.1 Å². The van der Waals surface area contributed by atoms with E-state index in [0.717, 1.165) is 39.0 Å². The third kappa shape index (κ3) is 5.24. The van der Waals surface area contributed by atoms with Gasteiger partial charge in [0.25, 0.3) is 0 Å². The Labute approximate surface area is 140 Å². The molecule has 23 heavy (non-hydrogen) atoms. The summed E-state index contributed by atoms with van der Waals surface area (Å²) >= 11 is 0. The van der Waals surface area contributed by atoms with E-state index in [9.17, 15) is 4.79 Å². The van der Waals surface area contributed by atoms with E-state index in [1.165, 1.54) is 18.4 Å². The van der Waals surface area contributed by atoms with Gasteiger partial charge in [-0.25, -0.2) is 4.79 Å². The summed E-state index contributed by atoms with van der Waals surface area (Å²) in [6.07, 6.45) is 4.39. The van der Waals surface area contributed by atoms with Gasteiger partial charge >= 0.3 is 6.09 Å². The molecule has 128 valence electrons. The van der Waals surface area contributed by atoms with Crippen LogP contribution in [0.2, 0.25) is 0 Å². The first-order chi connectivity index (χ1) is 11.3. The molecule has 4 heteroatoms. The Morgan fingerprint density at radius 2 is 1.91 bits per heavy atom. The predicted octanol–water partition coefficient (Wildman–Crippen LogP) is 4.08. The predicted molar refractivity (Wildman–Crippen MR) is 93.5 cm³/mol. The van der Waals surface area contributed by atoms with Gasteiger partial charge in [0.15, 0.2) is 0 Å². The van der Waals surface area contributed by atoms with E-state index in [4.69, 9.17) is 4.74 Å². The van der Waals surface area contributed by atoms with E-state index in [0.29, 0.717) is 12.6 Å². The number of nitrogens with zero attached hydrogens (tertiary/aromatic N) is 2. The average Bonchev–Trinajstić information content (AvgIpc) is 2.99. The van der Waals surface area contributed by atoms with Gasteiger partial charge in [0.2, 0.25) is 0 Å². The van der Waals surface area contributed by atoms with Gasteiger partial charge in [-0.15, -0.1) is 0 Å². The first-order valence-electron chi connectivity index (χ1n) is 8.97. The van der Waals surface area contributed by atoms with Crippen molar-refractivity contribution in [2.75, 3.05) is 32.8 Å². The van der Waals surface area contributed by atoms with E-state index in [2.05, 4.69) is 49.1 Å². The minimum atomic E-state index is -0.153. The van der Waals surface area contributed by atoms with Crippen molar-refractivity contribution in [2.45, 2.75) is 45.6 Å². The van der Waals surface area contributed by atoms with Crippen molar-refractivity contribution < 1.29 is 9.53 Å². The summed E-state index contributed by atoms with van der Waals surface area (Å²) in [6, 6.07) is 11.2. The van der Waals surface area contributed by atoms with Gasteiger partial charge in [0.1, 0.15) is 6.61 Å². The Balaban J connectivity index is 1.93. The molecule has 2 rings (SSSR count). The molecule has 1 heterocycles. The quantitative estimate of drug-likeness (QED) is 0.651. The lowest BCUT2D eigenvalue weighted by molar-refractivity contribution is 0.152. The number of unbranched alkanes of at least 4 members (excludes halogenated alkanes) is 1. The Bertz CT molecular complexity index is 464. The molecule has 0 unspecified atom stereocenters. The number of hydrogen-bond donors (Lipinski definition) is 0. The second kappa shape index (κ2) is 9.56. The molecule has 4 nitrogen and oxygen atoms in total. The maximum Gasteiger partial charge on any atom is 0.409 e. The summed E-state index contributed by atoms with van der Waals surface area (Å²) in [4.78, 5) is 15.9. The molecule has 0 N–H and O–H groups in total. The van der Waals surface area contributed by atoms with Crippen LogP contribution in [-0.2, 0) is 4.74 Å². The molecule has 0 spiro atoms. The number of amides is 1. The van der Waals surface area contributed by atoms with Crippen molar-refractivity contribution in [1.82, 2.24) is 9.80 Å². The van der Waals surface area contributed by atoms with Crippen molar-refractivity contribution in [1.29, 1.82) is 0 Å². The highest BCUT2D eigenvalue weighted by Crippen LogP contribution is 2.24. The number of benzene rings is 1. The van der Waals surface area contributed by atoms with Gasteiger partial charge in [0.05, 0.1) is 6.54 Å². The maximum atomic E-state index is 11.5. The molecular weight excluding hydrogens is 288 g/mol. The van der Waals surface area contributed by atoms with Crippen LogP contribution in [0.15, 0.2) is 30.3 Å². The highest BCUT2D eigenvalue weighted by molar-refractivity contribution is 5.69. The fourth-order valence-electron chi connectivity index (χ4n) is 3.26. The Kier molecular flexibility index (Phi) is 7.40. The highest BCUT2D eigenvalue weighted by atomic mass is 16.6. The first-order valence-corrected chi connectivity index (χ1v) is 8.97. The van der Waals surface area contributed by atoms with Crippen LogP contribution < -0.4 is 0 Å². The number of carbonyl (C=O) groups is 1. The molecule has 0 aromatic heterocycles. The first kappa shape index (κ1) is 17.8. The van der Waals surface area contributed by atoms with Crippen molar-refractivity contribution in [3.05, 3.63) is 35.9 Å². The van der Waals surface area contributed by atoms with Gasteiger partial charge in [-0.2, -0.15) is 0 Å². The van der Waals surface area contributed by atoms with Gasteiger partial charge in [-0.05, 0) is 31.4 Å². The Hall–Kier alpha value is -1.55. The molecule has 1 aliphatic rings. The van der Waals surface area contributed by atoms with Crippen molar-refractivity contribution in [3.8, 4) is 0 Å². The minimum absolute atomic E-state index is 0.153. The van der Waals surface area contributed by atoms with Gasteiger partial charge in [-0.1, -0.05) is 50.6 Å². The normalized spacial score (nSPS) is 16.0. The van der Waals surface area contributed by atoms with Crippen LogP contribution in [0.25, 0.3) is 0 Å². The van der Waals surface area contributed by atoms with Crippen LogP contribution in [-0.4, -0.2) is 48.7 Å². The Morgan fingerprint density at radius 1 is 1.17 bits per heavy atom. The lowest BCUT2D eigenvalue weighted by Crippen LogP contribution is -2.33. The summed E-state index contributed by atoms with van der Waals surface area (Å²) in [5.41, 5.74) is 1.40. The summed E-state index contributed by atoms with van der Waals surface area (Å²) in [5, 5.41) is 0. The molecule has 1 aromatic carbocycles. The van der Waals surface area contributed by atoms with E-state index < -0.39 is 0 Å². The summed E-state index contributed by atoms with van der Waals surface area (Å²) < 4.78 is 5.00. The molecule has 1 amide bonds. The number of ether oxygens (including phenoxy) is 1. The summed E-state index contributed by atoms with van der Waals surface area (Å²) in [6.45, 7) is 8.72. The molecule has 1 aromatic rings. The summed E-state index contributed by atoms with van der Waals surface area (Å²) in [7, 11) is 0. The smallest absolute Gasteiger partial charge is 0.409 e. The monoisotopic (exact) mass is 318 g/mol. The van der Waals surface area contributed by atoms with E-state index in [-0.39, 0.29) is 6.09 Å². The van der Waals surface area contributed by atoms with Crippen molar-refractivity contribution >= 4 is 6.09 Å². The lowest BCUT2D eigenvalue weighted by atomic mass is 10.0. The lowest BCUT2D eigenvalue weighted by Gasteiger charge is -2.32. The van der Waals surface area contributed by atoms with E-state index in [1.807, 2.05) is 4.90 Å². The second-order valence-electron chi connectivity index (χ2n) is 6.18. The third-order valence-corrected chi connectivity index (χ3v) is 4.53. The molecule has 1 aliphatic heterocycles. The molecule has 1 saturated heterocycles. The Morgan fingerprint density at radius 3 is 2.52 bits per heavy atom. The number of hydrogen-bond acceptors (Lipinski definition) is 3. The molecule has 0 aliphatic carbocycles. The topological polar surface area (TPSA) is 32.8 Å². The number of cyclic esters (lactones) is 1. The largest absolute Gasteiger partial charge is 0.448 e.